The summed E-state index contributed by atoms with van der Waals surface area (Å²) in [6.45, 7) is 6.58. The molecule has 6 aromatic rings. The molecule has 0 amide bonds. The first-order valence-corrected chi connectivity index (χ1v) is 21.1. The maximum Gasteiger partial charge on any atom is 0.233 e. The molecule has 0 fully saturated rings. The van der Waals surface area contributed by atoms with Crippen molar-refractivity contribution in [3.05, 3.63) is 95.3 Å². The standard InChI is InChI=1S/C38H37ClN10O6S2/c1-6-56(52,53)25-12-10-23(11-13-25)41-37-43-36(39)44-38(45-37)42-24-9-8-21(3)30(19-24)47-49-34-26-14-17-29(35(51)27(26)15-16-28(34)40-5)46-48-31-18-22(4)33(20-32(31)50)57(54,55)7-2/h8-20,40,50-51H,6-7H2,1-5H3,(H2,41,42,43,44,45)/b48-46+,49-47+. The quantitative estimate of drug-likeness (QED) is 0.0685. The van der Waals surface area contributed by atoms with Crippen molar-refractivity contribution in [1.29, 1.82) is 0 Å². The van der Waals surface area contributed by atoms with Crippen molar-refractivity contribution >= 4 is 93.8 Å². The number of phenolic OH excluding ortho intramolecular Hbond substituents is 2. The number of sulfone groups is 2. The molecule has 0 saturated heterocycles. The number of nitrogens with zero attached hydrogens (tertiary/aromatic N) is 7. The summed E-state index contributed by atoms with van der Waals surface area (Å²) in [6, 6.07) is 20.9. The molecule has 294 valence electrons. The van der Waals surface area contributed by atoms with Crippen molar-refractivity contribution in [1.82, 2.24) is 15.0 Å². The summed E-state index contributed by atoms with van der Waals surface area (Å²) < 4.78 is 49.1. The van der Waals surface area contributed by atoms with Gasteiger partial charge in [-0.15, -0.1) is 15.3 Å². The number of hydrogen-bond acceptors (Lipinski definition) is 16. The van der Waals surface area contributed by atoms with Crippen LogP contribution in [0.25, 0.3) is 10.8 Å². The maximum absolute atomic E-state index is 12.4. The van der Waals surface area contributed by atoms with Gasteiger partial charge >= 0.3 is 0 Å². The van der Waals surface area contributed by atoms with Crippen molar-refractivity contribution in [2.45, 2.75) is 37.5 Å². The van der Waals surface area contributed by atoms with Gasteiger partial charge in [0.05, 0.1) is 32.7 Å². The van der Waals surface area contributed by atoms with Gasteiger partial charge in [-0.2, -0.15) is 20.1 Å². The van der Waals surface area contributed by atoms with Crippen molar-refractivity contribution in [2.24, 2.45) is 20.5 Å². The molecular weight excluding hydrogens is 792 g/mol. The van der Waals surface area contributed by atoms with Gasteiger partial charge in [0, 0.05) is 35.3 Å². The fourth-order valence-electron chi connectivity index (χ4n) is 5.62. The molecule has 0 unspecified atom stereocenters. The van der Waals surface area contributed by atoms with E-state index in [9.17, 15) is 27.0 Å². The highest BCUT2D eigenvalue weighted by atomic mass is 35.5. The Kier molecular flexibility index (Phi) is 11.7. The predicted molar refractivity (Wildman–Crippen MR) is 221 cm³/mol. The number of fused-ring (bicyclic) bond motifs is 1. The Morgan fingerprint density at radius 2 is 1.26 bits per heavy atom. The Hall–Kier alpha value is -6.24. The topological polar surface area (TPSA) is 233 Å². The van der Waals surface area contributed by atoms with E-state index < -0.39 is 19.7 Å². The predicted octanol–water partition coefficient (Wildman–Crippen LogP) is 9.65. The number of aromatic hydroxyl groups is 2. The summed E-state index contributed by atoms with van der Waals surface area (Å²) in [7, 11) is -5.17. The van der Waals surface area contributed by atoms with Crippen LogP contribution in [0.4, 0.5) is 51.7 Å². The minimum Gasteiger partial charge on any atom is -0.506 e. The number of aryl methyl sites for hydroxylation is 2. The lowest BCUT2D eigenvalue weighted by atomic mass is 10.1. The largest absolute Gasteiger partial charge is 0.506 e. The van der Waals surface area contributed by atoms with Crippen molar-refractivity contribution in [3.63, 3.8) is 0 Å². The van der Waals surface area contributed by atoms with Crippen molar-refractivity contribution in [3.8, 4) is 11.5 Å². The first-order valence-electron chi connectivity index (χ1n) is 17.4. The monoisotopic (exact) mass is 828 g/mol. The van der Waals surface area contributed by atoms with E-state index in [1.807, 2.05) is 13.0 Å². The number of azo groups is 2. The van der Waals surface area contributed by atoms with Crippen LogP contribution in [0.1, 0.15) is 25.0 Å². The van der Waals surface area contributed by atoms with Crippen LogP contribution < -0.4 is 16.0 Å². The van der Waals surface area contributed by atoms with E-state index in [1.54, 1.807) is 69.4 Å². The number of rotatable bonds is 13. The Morgan fingerprint density at radius 3 is 1.93 bits per heavy atom. The van der Waals surface area contributed by atoms with E-state index >= 15 is 0 Å². The van der Waals surface area contributed by atoms with E-state index in [0.717, 1.165) is 11.6 Å². The minimum absolute atomic E-state index is 0.00945. The first kappa shape index (κ1) is 40.4. The zero-order valence-electron chi connectivity index (χ0n) is 31.3. The van der Waals surface area contributed by atoms with Crippen molar-refractivity contribution in [2.75, 3.05) is 34.5 Å². The van der Waals surface area contributed by atoms with E-state index in [2.05, 4.69) is 51.4 Å². The molecule has 0 aliphatic heterocycles. The van der Waals surface area contributed by atoms with Gasteiger partial charge in [0.25, 0.3) is 0 Å². The molecule has 19 heteroatoms. The number of benzene rings is 5. The number of nitrogens with one attached hydrogen (secondary N) is 3. The molecular formula is C38H37ClN10O6S2. The van der Waals surface area contributed by atoms with Crippen molar-refractivity contribution < 1.29 is 27.0 Å². The third kappa shape index (κ3) is 8.93. The summed E-state index contributed by atoms with van der Waals surface area (Å²) in [5, 5.41) is 49.2. The molecule has 16 nitrogen and oxygen atoms in total. The van der Waals surface area contributed by atoms with Crippen LogP contribution >= 0.6 is 11.6 Å². The number of anilines is 5. The summed E-state index contributed by atoms with van der Waals surface area (Å²) >= 11 is 6.22. The molecule has 0 radical (unpaired) electrons. The second-order valence-electron chi connectivity index (χ2n) is 12.6. The third-order valence-electron chi connectivity index (χ3n) is 8.83. The van der Waals surface area contributed by atoms with E-state index in [1.165, 1.54) is 25.1 Å². The molecule has 0 saturated carbocycles. The number of halogens is 1. The molecule has 1 heterocycles. The van der Waals surface area contributed by atoms with Crippen LogP contribution in [-0.2, 0) is 19.7 Å². The van der Waals surface area contributed by atoms with Gasteiger partial charge in [-0.1, -0.05) is 19.9 Å². The molecule has 0 bridgehead atoms. The summed E-state index contributed by atoms with van der Waals surface area (Å²) in [5.74, 6) is -0.414. The fraction of sp³-hybridized carbons (Fsp3) is 0.184. The van der Waals surface area contributed by atoms with Gasteiger partial charge in [0.1, 0.15) is 22.8 Å². The average molecular weight is 829 g/mol. The highest BCUT2D eigenvalue weighted by Crippen LogP contribution is 2.44. The van der Waals surface area contributed by atoms with Gasteiger partial charge in [-0.05, 0) is 103 Å². The molecule has 0 aliphatic rings. The summed E-state index contributed by atoms with van der Waals surface area (Å²) in [6.07, 6.45) is 0. The molecule has 0 aliphatic carbocycles. The maximum atomic E-state index is 12.4. The number of aromatic nitrogens is 3. The van der Waals surface area contributed by atoms with Crippen LogP contribution in [0.5, 0.6) is 11.5 Å². The molecule has 1 aromatic heterocycles. The number of phenols is 2. The smallest absolute Gasteiger partial charge is 0.233 e. The zero-order chi connectivity index (χ0) is 41.1. The van der Waals surface area contributed by atoms with Gasteiger partial charge in [-0.3, -0.25) is 0 Å². The minimum atomic E-state index is -3.56. The SMILES string of the molecule is CCS(=O)(=O)c1ccc(Nc2nc(Cl)nc(Nc3ccc(C)c(/N=N/c4c(NC)ccc5c(O)c(/N=N/c6cc(C)c(S(=O)(=O)CC)cc6O)ccc45)c3)n2)cc1. The Morgan fingerprint density at radius 1 is 0.649 bits per heavy atom. The lowest BCUT2D eigenvalue weighted by molar-refractivity contribution is 0.473. The average Bonchev–Trinajstić information content (AvgIpc) is 3.18. The first-order chi connectivity index (χ1) is 27.1. The zero-order valence-corrected chi connectivity index (χ0v) is 33.7. The van der Waals surface area contributed by atoms with Gasteiger partial charge in [0.2, 0.25) is 17.2 Å². The van der Waals surface area contributed by atoms with Crippen LogP contribution in [-0.4, -0.2) is 60.6 Å². The second kappa shape index (κ2) is 16.5. The van der Waals surface area contributed by atoms with Crippen LogP contribution in [0, 0.1) is 13.8 Å². The summed E-state index contributed by atoms with van der Waals surface area (Å²) in [5.41, 5.74) is 4.07. The lowest BCUT2D eigenvalue weighted by Gasteiger charge is -2.11. The molecule has 6 rings (SSSR count). The van der Waals surface area contributed by atoms with Gasteiger partial charge in [0.15, 0.2) is 25.4 Å². The van der Waals surface area contributed by atoms with Crippen LogP contribution in [0.3, 0.4) is 0 Å². The molecule has 5 aromatic carbocycles. The molecule has 5 N–H and O–H groups in total. The van der Waals surface area contributed by atoms with Gasteiger partial charge < -0.3 is 26.2 Å². The highest BCUT2D eigenvalue weighted by molar-refractivity contribution is 7.91. The van der Waals surface area contributed by atoms with Gasteiger partial charge in [-0.25, -0.2) is 16.8 Å². The molecule has 0 atom stereocenters. The van der Waals surface area contributed by atoms with Crippen LogP contribution in [0.2, 0.25) is 5.28 Å². The lowest BCUT2D eigenvalue weighted by Crippen LogP contribution is -2.05. The number of hydrogen-bond donors (Lipinski definition) is 5. The Labute approximate surface area is 333 Å². The van der Waals surface area contributed by atoms with Crippen LogP contribution in [0.15, 0.2) is 109 Å². The second-order valence-corrected chi connectivity index (χ2v) is 17.4. The third-order valence-corrected chi connectivity index (χ3v) is 12.6. The Bertz CT molecular complexity index is 2800. The molecule has 0 spiro atoms. The highest BCUT2D eigenvalue weighted by Gasteiger charge is 2.19. The van der Waals surface area contributed by atoms with E-state index in [0.29, 0.717) is 44.8 Å². The normalized spacial score (nSPS) is 12.1. The fourth-order valence-corrected chi connectivity index (χ4v) is 7.82. The Balaban J connectivity index is 1.25. The molecule has 57 heavy (non-hydrogen) atoms. The van der Waals surface area contributed by atoms with E-state index in [-0.39, 0.29) is 61.4 Å². The summed E-state index contributed by atoms with van der Waals surface area (Å²) in [4.78, 5) is 12.9. The van der Waals surface area contributed by atoms with E-state index in [4.69, 9.17) is 11.6 Å².